The molecule has 22 heavy (non-hydrogen) atoms. The molecular formula is C15H10N4O2S. The number of nitriles is 1. The highest BCUT2D eigenvalue weighted by atomic mass is 32.1. The van der Waals surface area contributed by atoms with E-state index >= 15 is 0 Å². The molecule has 7 heteroatoms. The number of rotatable bonds is 2. The van der Waals surface area contributed by atoms with Crippen molar-refractivity contribution < 1.29 is 4.74 Å². The van der Waals surface area contributed by atoms with Gasteiger partial charge in [-0.05, 0) is 42.5 Å². The Kier molecular flexibility index (Phi) is 3.45. The van der Waals surface area contributed by atoms with Crippen molar-refractivity contribution in [1.29, 1.82) is 5.26 Å². The van der Waals surface area contributed by atoms with Gasteiger partial charge in [0.1, 0.15) is 22.9 Å². The van der Waals surface area contributed by atoms with Crippen LogP contribution in [-0.4, -0.2) is 22.1 Å². The van der Waals surface area contributed by atoms with Gasteiger partial charge in [-0.25, -0.2) is 4.98 Å². The van der Waals surface area contributed by atoms with E-state index in [0.29, 0.717) is 11.3 Å². The number of fused-ring (bicyclic) bond motifs is 1. The molecule has 2 heterocycles. The first-order chi connectivity index (χ1) is 10.6. The smallest absolute Gasteiger partial charge is 0.262 e. The van der Waals surface area contributed by atoms with Gasteiger partial charge in [0.2, 0.25) is 0 Å². The summed E-state index contributed by atoms with van der Waals surface area (Å²) in [5.41, 5.74) is 1.48. The lowest BCUT2D eigenvalue weighted by Gasteiger charge is -2.06. The second-order valence-corrected chi connectivity index (χ2v) is 4.94. The van der Waals surface area contributed by atoms with Crippen molar-refractivity contribution in [2.45, 2.75) is 0 Å². The Bertz CT molecular complexity index is 1010. The van der Waals surface area contributed by atoms with Gasteiger partial charge in [-0.1, -0.05) is 0 Å². The summed E-state index contributed by atoms with van der Waals surface area (Å²) in [5.74, 6) is 0.723. The Morgan fingerprint density at radius 3 is 2.64 bits per heavy atom. The monoisotopic (exact) mass is 310 g/mol. The number of benzene rings is 1. The number of aromatic nitrogens is 3. The first-order valence-corrected chi connectivity index (χ1v) is 6.75. The average molecular weight is 310 g/mol. The van der Waals surface area contributed by atoms with Gasteiger partial charge < -0.3 is 9.72 Å². The second-order valence-electron chi connectivity index (χ2n) is 4.53. The van der Waals surface area contributed by atoms with Gasteiger partial charge in [0.05, 0.1) is 18.4 Å². The first kappa shape index (κ1) is 14.0. The minimum atomic E-state index is -0.427. The number of hydrogen-bond acceptors (Lipinski definition) is 5. The summed E-state index contributed by atoms with van der Waals surface area (Å²) in [6.07, 6.45) is 0. The van der Waals surface area contributed by atoms with Crippen LogP contribution in [0.25, 0.3) is 22.3 Å². The predicted octanol–water partition coefficient (Wildman–Crippen LogP) is 2.53. The van der Waals surface area contributed by atoms with Gasteiger partial charge in [-0.15, -0.1) is 0 Å². The zero-order valence-electron chi connectivity index (χ0n) is 11.5. The van der Waals surface area contributed by atoms with E-state index in [2.05, 4.69) is 15.0 Å². The summed E-state index contributed by atoms with van der Waals surface area (Å²) >= 11 is 4.95. The molecule has 3 aromatic rings. The van der Waals surface area contributed by atoms with Gasteiger partial charge in [-0.2, -0.15) is 5.26 Å². The molecule has 0 saturated heterocycles. The molecule has 0 amide bonds. The van der Waals surface area contributed by atoms with Crippen LogP contribution in [0, 0.1) is 16.1 Å². The molecule has 3 rings (SSSR count). The molecule has 2 aromatic heterocycles. The molecule has 6 nitrogen and oxygen atoms in total. The third-order valence-electron chi connectivity index (χ3n) is 3.21. The van der Waals surface area contributed by atoms with Crippen LogP contribution in [0.5, 0.6) is 5.75 Å². The van der Waals surface area contributed by atoms with Crippen LogP contribution in [0.3, 0.4) is 0 Å². The van der Waals surface area contributed by atoms with Crippen LogP contribution in [0.15, 0.2) is 35.1 Å². The number of aromatic amines is 2. The van der Waals surface area contributed by atoms with Crippen molar-refractivity contribution in [3.8, 4) is 23.1 Å². The minimum absolute atomic E-state index is 0.167. The average Bonchev–Trinajstić information content (AvgIpc) is 2.53. The molecule has 0 saturated carbocycles. The minimum Gasteiger partial charge on any atom is -0.497 e. The Balaban J connectivity index is 2.29. The van der Waals surface area contributed by atoms with Gasteiger partial charge >= 0.3 is 0 Å². The number of pyridine rings is 1. The standard InChI is InChI=1S/C15H10N4O2S/c1-21-10-4-2-8(3-5-10)11-6-9(7-16)12-13(17-11)18-15(22)19-14(12)20/h2-6H,1H3,(H2,17,18,19,20,22). The van der Waals surface area contributed by atoms with E-state index in [-0.39, 0.29) is 15.7 Å². The third-order valence-corrected chi connectivity index (χ3v) is 3.42. The lowest BCUT2D eigenvalue weighted by Crippen LogP contribution is -2.10. The molecule has 2 N–H and O–H groups in total. The van der Waals surface area contributed by atoms with Crippen molar-refractivity contribution in [2.75, 3.05) is 7.11 Å². The van der Waals surface area contributed by atoms with Crippen molar-refractivity contribution >= 4 is 23.3 Å². The van der Waals surface area contributed by atoms with E-state index in [1.54, 1.807) is 25.3 Å². The van der Waals surface area contributed by atoms with Crippen LogP contribution in [0.2, 0.25) is 0 Å². The summed E-state index contributed by atoms with van der Waals surface area (Å²) in [4.78, 5) is 21.6. The maximum Gasteiger partial charge on any atom is 0.262 e. The molecule has 0 bridgehead atoms. The highest BCUT2D eigenvalue weighted by Gasteiger charge is 2.11. The van der Waals surface area contributed by atoms with E-state index in [4.69, 9.17) is 17.0 Å². The maximum atomic E-state index is 12.0. The Morgan fingerprint density at radius 1 is 1.27 bits per heavy atom. The Hall–Kier alpha value is -2.98. The van der Waals surface area contributed by atoms with Crippen LogP contribution < -0.4 is 10.3 Å². The number of H-pyrrole nitrogens is 2. The Labute approximate surface area is 130 Å². The fourth-order valence-corrected chi connectivity index (χ4v) is 2.36. The van der Waals surface area contributed by atoms with E-state index in [1.165, 1.54) is 0 Å². The zero-order valence-corrected chi connectivity index (χ0v) is 12.3. The molecule has 0 aliphatic rings. The summed E-state index contributed by atoms with van der Waals surface area (Å²) in [7, 11) is 1.59. The zero-order chi connectivity index (χ0) is 15.7. The van der Waals surface area contributed by atoms with Crippen molar-refractivity contribution in [3.05, 3.63) is 51.0 Å². The second kappa shape index (κ2) is 5.42. The third kappa shape index (κ3) is 2.36. The number of nitrogens with zero attached hydrogens (tertiary/aromatic N) is 2. The molecular weight excluding hydrogens is 300 g/mol. The molecule has 108 valence electrons. The van der Waals surface area contributed by atoms with Crippen molar-refractivity contribution in [3.63, 3.8) is 0 Å². The number of ether oxygens (including phenoxy) is 1. The summed E-state index contributed by atoms with van der Waals surface area (Å²) in [6, 6.07) is 10.9. The van der Waals surface area contributed by atoms with Crippen LogP contribution in [-0.2, 0) is 0 Å². The van der Waals surface area contributed by atoms with Crippen LogP contribution >= 0.6 is 12.2 Å². The van der Waals surface area contributed by atoms with E-state index in [0.717, 1.165) is 11.3 Å². The molecule has 0 spiro atoms. The van der Waals surface area contributed by atoms with E-state index in [1.807, 2.05) is 18.2 Å². The van der Waals surface area contributed by atoms with Crippen molar-refractivity contribution in [2.24, 2.45) is 0 Å². The normalized spacial score (nSPS) is 10.4. The summed E-state index contributed by atoms with van der Waals surface area (Å²) in [5, 5.41) is 9.49. The predicted molar refractivity (Wildman–Crippen MR) is 84.3 cm³/mol. The fraction of sp³-hybridized carbons (Fsp3) is 0.0667. The maximum absolute atomic E-state index is 12.0. The van der Waals surface area contributed by atoms with Gasteiger partial charge in [0.15, 0.2) is 4.77 Å². The molecule has 0 radical (unpaired) electrons. The lowest BCUT2D eigenvalue weighted by molar-refractivity contribution is 0.415. The number of nitrogens with one attached hydrogen (secondary N) is 2. The summed E-state index contributed by atoms with van der Waals surface area (Å²) < 4.78 is 5.28. The molecule has 0 aliphatic carbocycles. The summed E-state index contributed by atoms with van der Waals surface area (Å²) in [6.45, 7) is 0. The first-order valence-electron chi connectivity index (χ1n) is 6.34. The van der Waals surface area contributed by atoms with E-state index < -0.39 is 5.56 Å². The Morgan fingerprint density at radius 2 is 2.00 bits per heavy atom. The fourth-order valence-electron chi connectivity index (χ4n) is 2.17. The topological polar surface area (TPSA) is 94.6 Å². The number of hydrogen-bond donors (Lipinski definition) is 2. The largest absolute Gasteiger partial charge is 0.497 e. The molecule has 1 aromatic carbocycles. The van der Waals surface area contributed by atoms with E-state index in [9.17, 15) is 10.1 Å². The lowest BCUT2D eigenvalue weighted by atomic mass is 10.1. The van der Waals surface area contributed by atoms with Crippen LogP contribution in [0.1, 0.15) is 5.56 Å². The van der Waals surface area contributed by atoms with Gasteiger partial charge in [0, 0.05) is 5.56 Å². The highest BCUT2D eigenvalue weighted by Crippen LogP contribution is 2.23. The molecule has 0 unspecified atom stereocenters. The molecule has 0 aliphatic heterocycles. The molecule has 0 fully saturated rings. The number of methoxy groups -OCH3 is 1. The quantitative estimate of drug-likeness (QED) is 0.709. The van der Waals surface area contributed by atoms with Gasteiger partial charge in [0.25, 0.3) is 5.56 Å². The highest BCUT2D eigenvalue weighted by molar-refractivity contribution is 7.71. The van der Waals surface area contributed by atoms with Crippen LogP contribution in [0.4, 0.5) is 0 Å². The van der Waals surface area contributed by atoms with Gasteiger partial charge in [-0.3, -0.25) is 9.78 Å². The SMILES string of the molecule is COc1ccc(-c2cc(C#N)c3c(=O)[nH]c(=S)[nH]c3n2)cc1. The molecule has 0 atom stereocenters. The van der Waals surface area contributed by atoms with Crippen molar-refractivity contribution in [1.82, 2.24) is 15.0 Å².